The summed E-state index contributed by atoms with van der Waals surface area (Å²) < 4.78 is 66.8. The van der Waals surface area contributed by atoms with Gasteiger partial charge in [-0.25, -0.2) is 13.6 Å². The molecule has 2 N–H and O–H groups in total. The fourth-order valence-electron chi connectivity index (χ4n) is 2.95. The number of rotatable bonds is 2. The summed E-state index contributed by atoms with van der Waals surface area (Å²) in [7, 11) is -1.24. The van der Waals surface area contributed by atoms with E-state index in [1.54, 1.807) is 6.92 Å². The van der Waals surface area contributed by atoms with Crippen LogP contribution in [-0.4, -0.2) is 33.1 Å². The molecule has 1 aliphatic rings. The van der Waals surface area contributed by atoms with Crippen LogP contribution in [0.25, 0.3) is 10.4 Å². The predicted octanol–water partition coefficient (Wildman–Crippen LogP) is 4.33. The molecule has 1 aromatic carbocycles. The number of hydrogen-bond donors (Lipinski definition) is 1. The standard InChI is InChI=1S/C17H16ClF4N3OS2/c1-16(8-28(3,26)25(2)15(23)24-16)14-12(18)7-13(27-14)9-4-10(17(20,21)22)6-11(19)5-9/h4-7H,3,8H2,1-2H3,(H2,23,24)/t16-,28?/m0/s1. The van der Waals surface area contributed by atoms with Crippen molar-refractivity contribution in [1.82, 2.24) is 4.31 Å². The van der Waals surface area contributed by atoms with Gasteiger partial charge >= 0.3 is 6.18 Å². The summed E-state index contributed by atoms with van der Waals surface area (Å²) in [5.74, 6) is 2.74. The van der Waals surface area contributed by atoms with Gasteiger partial charge in [0.15, 0.2) is 0 Å². The second-order valence-electron chi connectivity index (χ2n) is 6.67. The van der Waals surface area contributed by atoms with Crippen molar-refractivity contribution in [2.45, 2.75) is 18.6 Å². The Bertz CT molecular complexity index is 1080. The zero-order chi connectivity index (χ0) is 21.1. The number of benzene rings is 1. The van der Waals surface area contributed by atoms with E-state index in [1.165, 1.54) is 17.4 Å². The van der Waals surface area contributed by atoms with Gasteiger partial charge in [0.1, 0.15) is 11.4 Å². The first kappa shape index (κ1) is 20.9. The summed E-state index contributed by atoms with van der Waals surface area (Å²) in [6.07, 6.45) is -4.68. The number of aliphatic imine (C=N–C) groups is 1. The van der Waals surface area contributed by atoms with Crippen LogP contribution >= 0.6 is 22.9 Å². The lowest BCUT2D eigenvalue weighted by Crippen LogP contribution is -2.50. The number of nitrogens with zero attached hydrogens (tertiary/aromatic N) is 2. The molecule has 11 heteroatoms. The van der Waals surface area contributed by atoms with Gasteiger partial charge in [-0.2, -0.15) is 13.2 Å². The molecule has 0 bridgehead atoms. The maximum absolute atomic E-state index is 13.8. The van der Waals surface area contributed by atoms with Crippen molar-refractivity contribution in [3.05, 3.63) is 45.5 Å². The SMILES string of the molecule is C=S1(=O)C[C@@](C)(c2sc(-c3cc(F)cc(C(F)(F)F)c3)cc2Cl)N=C(N)N1C. The van der Waals surface area contributed by atoms with Crippen molar-refractivity contribution >= 4 is 44.5 Å². The first-order valence-electron chi connectivity index (χ1n) is 7.85. The smallest absolute Gasteiger partial charge is 0.369 e. The second kappa shape index (κ2) is 6.64. The Balaban J connectivity index is 2.12. The molecule has 0 saturated carbocycles. The quantitative estimate of drug-likeness (QED) is 0.543. The Hall–Kier alpha value is -1.78. The molecule has 1 unspecified atom stereocenters. The van der Waals surface area contributed by atoms with Crippen molar-refractivity contribution in [2.24, 2.45) is 10.7 Å². The van der Waals surface area contributed by atoms with Crippen LogP contribution in [0.15, 0.2) is 29.3 Å². The van der Waals surface area contributed by atoms with Gasteiger partial charge in [-0.3, -0.25) is 4.31 Å². The summed E-state index contributed by atoms with van der Waals surface area (Å²) in [5.41, 5.74) is 3.73. The highest BCUT2D eigenvalue weighted by atomic mass is 35.5. The number of thiophene rings is 1. The third-order valence-electron chi connectivity index (χ3n) is 4.38. The van der Waals surface area contributed by atoms with Crippen LogP contribution in [0.4, 0.5) is 17.6 Å². The van der Waals surface area contributed by atoms with Crippen molar-refractivity contribution < 1.29 is 21.8 Å². The minimum atomic E-state index is -4.68. The molecule has 0 saturated heterocycles. The molecule has 1 aromatic heterocycles. The summed E-state index contributed by atoms with van der Waals surface area (Å²) in [6, 6.07) is 3.73. The molecule has 2 atom stereocenters. The average molecular weight is 454 g/mol. The van der Waals surface area contributed by atoms with Crippen LogP contribution in [0.1, 0.15) is 17.4 Å². The van der Waals surface area contributed by atoms with Gasteiger partial charge < -0.3 is 5.73 Å². The lowest BCUT2D eigenvalue weighted by molar-refractivity contribution is -0.137. The molecule has 1 aliphatic heterocycles. The first-order valence-corrected chi connectivity index (χ1v) is 10.9. The van der Waals surface area contributed by atoms with E-state index < -0.39 is 32.8 Å². The van der Waals surface area contributed by atoms with Gasteiger partial charge in [0, 0.05) is 11.9 Å². The van der Waals surface area contributed by atoms with E-state index in [1.807, 2.05) is 0 Å². The number of hydrogen-bond acceptors (Lipinski definition) is 4. The minimum Gasteiger partial charge on any atom is -0.369 e. The van der Waals surface area contributed by atoms with Crippen molar-refractivity contribution in [3.8, 4) is 10.4 Å². The number of guanidine groups is 1. The zero-order valence-corrected chi connectivity index (χ0v) is 17.2. The van der Waals surface area contributed by atoms with Crippen LogP contribution in [0.2, 0.25) is 5.02 Å². The molecule has 0 spiro atoms. The maximum atomic E-state index is 13.8. The molecule has 152 valence electrons. The van der Waals surface area contributed by atoms with Crippen molar-refractivity contribution in [1.29, 1.82) is 0 Å². The highest BCUT2D eigenvalue weighted by Gasteiger charge is 2.40. The number of nitrogens with two attached hydrogens (primary N) is 1. The van der Waals surface area contributed by atoms with Crippen LogP contribution < -0.4 is 5.73 Å². The van der Waals surface area contributed by atoms with Gasteiger partial charge in [0.05, 0.1) is 30.9 Å². The Morgan fingerprint density at radius 1 is 1.36 bits per heavy atom. The first-order chi connectivity index (χ1) is 12.7. The third kappa shape index (κ3) is 3.72. The maximum Gasteiger partial charge on any atom is 0.416 e. The number of halogens is 5. The predicted molar refractivity (Wildman–Crippen MR) is 107 cm³/mol. The molecule has 28 heavy (non-hydrogen) atoms. The highest BCUT2D eigenvalue weighted by Crippen LogP contribution is 2.45. The second-order valence-corrected chi connectivity index (χ2v) is 10.5. The van der Waals surface area contributed by atoms with Crippen LogP contribution in [0, 0.1) is 5.82 Å². The van der Waals surface area contributed by atoms with Crippen LogP contribution in [0.5, 0.6) is 0 Å². The summed E-state index contributed by atoms with van der Waals surface area (Å²) >= 11 is 7.37. The Kier molecular flexibility index (Phi) is 4.96. The molecule has 2 heterocycles. The molecular weight excluding hydrogens is 438 g/mol. The number of alkyl halides is 3. The third-order valence-corrected chi connectivity index (χ3v) is 8.42. The minimum absolute atomic E-state index is 0.0184. The van der Waals surface area contributed by atoms with E-state index in [0.29, 0.717) is 15.8 Å². The lowest BCUT2D eigenvalue weighted by Gasteiger charge is -2.36. The molecule has 3 rings (SSSR count). The van der Waals surface area contributed by atoms with Crippen LogP contribution in [0.3, 0.4) is 0 Å². The van der Waals surface area contributed by atoms with E-state index in [-0.39, 0.29) is 22.3 Å². The molecule has 0 fully saturated rings. The van der Waals surface area contributed by atoms with Gasteiger partial charge in [0.25, 0.3) is 0 Å². The van der Waals surface area contributed by atoms with E-state index in [0.717, 1.165) is 23.5 Å². The van der Waals surface area contributed by atoms with Gasteiger partial charge in [-0.05, 0) is 42.6 Å². The van der Waals surface area contributed by atoms with Gasteiger partial charge in [0.2, 0.25) is 5.96 Å². The molecular formula is C17H16ClF4N3OS2. The fourth-order valence-corrected chi connectivity index (χ4v) is 6.33. The summed E-state index contributed by atoms with van der Waals surface area (Å²) in [4.78, 5) is 5.17. The lowest BCUT2D eigenvalue weighted by atomic mass is 10.0. The van der Waals surface area contributed by atoms with Crippen molar-refractivity contribution in [2.75, 3.05) is 12.8 Å². The van der Waals surface area contributed by atoms with E-state index in [2.05, 4.69) is 10.9 Å². The largest absolute Gasteiger partial charge is 0.416 e. The Morgan fingerprint density at radius 3 is 2.57 bits per heavy atom. The molecule has 0 radical (unpaired) electrons. The monoisotopic (exact) mass is 453 g/mol. The fraction of sp³-hybridized carbons (Fsp3) is 0.294. The van der Waals surface area contributed by atoms with E-state index >= 15 is 0 Å². The molecule has 0 amide bonds. The molecule has 2 aromatic rings. The van der Waals surface area contributed by atoms with E-state index in [4.69, 9.17) is 17.3 Å². The summed E-state index contributed by atoms with van der Waals surface area (Å²) in [5, 5.41) is 0.219. The molecule has 4 nitrogen and oxygen atoms in total. The van der Waals surface area contributed by atoms with Gasteiger partial charge in [-0.15, -0.1) is 11.3 Å². The average Bonchev–Trinajstić information content (AvgIpc) is 2.93. The van der Waals surface area contributed by atoms with Gasteiger partial charge in [-0.1, -0.05) is 11.6 Å². The Labute approximate surface area is 168 Å². The van der Waals surface area contributed by atoms with Crippen LogP contribution in [-0.2, 0) is 21.4 Å². The summed E-state index contributed by atoms with van der Waals surface area (Å²) in [6.45, 7) is 1.67. The highest BCUT2D eigenvalue weighted by molar-refractivity contribution is 7.98. The Morgan fingerprint density at radius 2 is 2.00 bits per heavy atom. The van der Waals surface area contributed by atoms with Crippen molar-refractivity contribution in [3.63, 3.8) is 0 Å². The van der Waals surface area contributed by atoms with E-state index in [9.17, 15) is 21.8 Å². The zero-order valence-electron chi connectivity index (χ0n) is 14.8. The molecule has 0 aliphatic carbocycles. The topological polar surface area (TPSA) is 58.7 Å². The normalized spacial score (nSPS) is 25.7.